The van der Waals surface area contributed by atoms with Crippen LogP contribution in [0.2, 0.25) is 0 Å². The normalized spacial score (nSPS) is 22.8. The van der Waals surface area contributed by atoms with Crippen LogP contribution < -0.4 is 0 Å². The number of carbonyl (C=O) groups is 2. The minimum atomic E-state index is -0.562. The van der Waals surface area contributed by atoms with Gasteiger partial charge in [0.25, 0.3) is 0 Å². The first-order valence-corrected chi connectivity index (χ1v) is 17.4. The SMILES string of the molecule is CC1CC(c2ncc(-c3ccc(-c4ccc(-c5cnc(C6CCC(C)N6C(=O)OC(C)(C)C)[nH]5)cc4)cc3)[nH]2)N(C(=O)OC(C)(C)C)[C@H]1C. The molecule has 2 aromatic heterocycles. The molecule has 49 heavy (non-hydrogen) atoms. The highest BCUT2D eigenvalue weighted by Crippen LogP contribution is 2.40. The van der Waals surface area contributed by atoms with Gasteiger partial charge in [-0.15, -0.1) is 0 Å². The minimum Gasteiger partial charge on any atom is -0.444 e. The Morgan fingerprint density at radius 3 is 1.55 bits per heavy atom. The number of nitrogens with one attached hydrogen (secondary N) is 2. The quantitative estimate of drug-likeness (QED) is 0.219. The van der Waals surface area contributed by atoms with E-state index in [-0.39, 0.29) is 36.4 Å². The number of aromatic nitrogens is 4. The molecular formula is C39H50N6O4. The van der Waals surface area contributed by atoms with Gasteiger partial charge in [0.05, 0.1) is 35.9 Å². The molecule has 4 unspecified atom stereocenters. The van der Waals surface area contributed by atoms with Crippen molar-refractivity contribution in [2.45, 2.75) is 117 Å². The third kappa shape index (κ3) is 7.38. The number of amides is 2. The summed E-state index contributed by atoms with van der Waals surface area (Å²) in [5.41, 5.74) is 4.95. The predicted octanol–water partition coefficient (Wildman–Crippen LogP) is 9.30. The van der Waals surface area contributed by atoms with E-state index in [1.807, 2.05) is 63.7 Å². The molecule has 2 N–H and O–H groups in total. The summed E-state index contributed by atoms with van der Waals surface area (Å²) in [7, 11) is 0. The predicted molar refractivity (Wildman–Crippen MR) is 191 cm³/mol. The van der Waals surface area contributed by atoms with Gasteiger partial charge in [0.2, 0.25) is 0 Å². The average Bonchev–Trinajstić information content (AvgIpc) is 3.82. The average molecular weight is 667 g/mol. The van der Waals surface area contributed by atoms with Crippen molar-refractivity contribution in [2.24, 2.45) is 5.92 Å². The number of aromatic amines is 2. The van der Waals surface area contributed by atoms with Crippen LogP contribution in [0.25, 0.3) is 33.6 Å². The summed E-state index contributed by atoms with van der Waals surface area (Å²) in [6, 6.07) is 16.6. The minimum absolute atomic E-state index is 0.0556. The van der Waals surface area contributed by atoms with Crippen molar-refractivity contribution in [2.75, 3.05) is 0 Å². The largest absolute Gasteiger partial charge is 0.444 e. The Morgan fingerprint density at radius 1 is 0.653 bits per heavy atom. The smallest absolute Gasteiger partial charge is 0.411 e. The fourth-order valence-electron chi connectivity index (χ4n) is 6.94. The third-order valence-corrected chi connectivity index (χ3v) is 9.62. The Morgan fingerprint density at radius 2 is 1.08 bits per heavy atom. The molecule has 0 saturated carbocycles. The summed E-state index contributed by atoms with van der Waals surface area (Å²) in [6.45, 7) is 17.6. The van der Waals surface area contributed by atoms with Gasteiger partial charge in [-0.05, 0) is 103 Å². The van der Waals surface area contributed by atoms with Crippen molar-refractivity contribution >= 4 is 12.2 Å². The molecular weight excluding hydrogens is 616 g/mol. The molecule has 260 valence electrons. The first-order valence-electron chi connectivity index (χ1n) is 17.4. The fourth-order valence-corrected chi connectivity index (χ4v) is 6.94. The lowest BCUT2D eigenvalue weighted by Crippen LogP contribution is -2.41. The van der Waals surface area contributed by atoms with Crippen molar-refractivity contribution in [1.29, 1.82) is 0 Å². The monoisotopic (exact) mass is 666 g/mol. The van der Waals surface area contributed by atoms with Gasteiger partial charge in [0, 0.05) is 12.1 Å². The molecule has 6 rings (SSSR count). The second-order valence-corrected chi connectivity index (χ2v) is 15.7. The lowest BCUT2D eigenvalue weighted by atomic mass is 10.0. The zero-order valence-electron chi connectivity index (χ0n) is 30.2. The van der Waals surface area contributed by atoms with E-state index in [1.54, 1.807) is 0 Å². The van der Waals surface area contributed by atoms with E-state index in [0.29, 0.717) is 5.92 Å². The number of hydrogen-bond acceptors (Lipinski definition) is 6. The highest BCUT2D eigenvalue weighted by molar-refractivity contribution is 5.73. The Labute approximate surface area is 289 Å². The Hall–Kier alpha value is -4.60. The van der Waals surface area contributed by atoms with E-state index in [2.05, 4.69) is 84.3 Å². The number of imidazole rings is 2. The number of rotatable bonds is 5. The second-order valence-electron chi connectivity index (χ2n) is 15.7. The molecule has 2 amide bonds. The molecule has 0 radical (unpaired) electrons. The summed E-state index contributed by atoms with van der Waals surface area (Å²) in [4.78, 5) is 46.1. The molecule has 10 nitrogen and oxygen atoms in total. The molecule has 2 fully saturated rings. The van der Waals surface area contributed by atoms with E-state index >= 15 is 0 Å². The Bertz CT molecular complexity index is 1780. The van der Waals surface area contributed by atoms with E-state index in [1.165, 1.54) is 0 Å². The first-order chi connectivity index (χ1) is 23.1. The molecule has 2 saturated heterocycles. The number of carbonyl (C=O) groups excluding carboxylic acids is 2. The van der Waals surface area contributed by atoms with E-state index in [0.717, 1.165) is 64.6 Å². The molecule has 0 aliphatic carbocycles. The van der Waals surface area contributed by atoms with Crippen LogP contribution in [0.4, 0.5) is 9.59 Å². The maximum absolute atomic E-state index is 13.1. The van der Waals surface area contributed by atoms with E-state index < -0.39 is 11.2 Å². The number of nitrogens with zero attached hydrogens (tertiary/aromatic N) is 4. The summed E-state index contributed by atoms with van der Waals surface area (Å²) in [5.74, 6) is 1.89. The van der Waals surface area contributed by atoms with Crippen LogP contribution in [0.3, 0.4) is 0 Å². The van der Waals surface area contributed by atoms with Crippen LogP contribution in [-0.2, 0) is 9.47 Å². The van der Waals surface area contributed by atoms with Crippen LogP contribution in [-0.4, -0.2) is 65.2 Å². The summed E-state index contributed by atoms with van der Waals surface area (Å²) in [5, 5.41) is 0. The van der Waals surface area contributed by atoms with Crippen LogP contribution in [0.15, 0.2) is 60.9 Å². The van der Waals surface area contributed by atoms with Gasteiger partial charge in [-0.3, -0.25) is 9.80 Å². The fraction of sp³-hybridized carbons (Fsp3) is 0.487. The summed E-state index contributed by atoms with van der Waals surface area (Å²) in [6.07, 6.45) is 5.65. The Balaban J connectivity index is 1.13. The number of benzene rings is 2. The maximum atomic E-state index is 13.1. The van der Waals surface area contributed by atoms with Crippen LogP contribution in [0, 0.1) is 5.92 Å². The third-order valence-electron chi connectivity index (χ3n) is 9.62. The molecule has 2 aliphatic rings. The van der Waals surface area contributed by atoms with Gasteiger partial charge in [-0.25, -0.2) is 19.6 Å². The van der Waals surface area contributed by atoms with Crippen LogP contribution in [0.5, 0.6) is 0 Å². The van der Waals surface area contributed by atoms with E-state index in [9.17, 15) is 9.59 Å². The van der Waals surface area contributed by atoms with Crippen molar-refractivity contribution in [3.8, 4) is 33.6 Å². The van der Waals surface area contributed by atoms with Gasteiger partial charge >= 0.3 is 12.2 Å². The van der Waals surface area contributed by atoms with Gasteiger partial charge in [-0.2, -0.15) is 0 Å². The van der Waals surface area contributed by atoms with Crippen molar-refractivity contribution in [1.82, 2.24) is 29.7 Å². The molecule has 4 heterocycles. The Kier molecular flexibility index (Phi) is 9.11. The molecule has 4 aromatic rings. The lowest BCUT2D eigenvalue weighted by molar-refractivity contribution is 0.0134. The van der Waals surface area contributed by atoms with E-state index in [4.69, 9.17) is 14.5 Å². The number of likely N-dealkylation sites (tertiary alicyclic amines) is 2. The highest BCUT2D eigenvalue weighted by atomic mass is 16.6. The second kappa shape index (κ2) is 13.0. The molecule has 0 bridgehead atoms. The van der Waals surface area contributed by atoms with Gasteiger partial charge in [0.15, 0.2) is 0 Å². The molecule has 10 heteroatoms. The van der Waals surface area contributed by atoms with Gasteiger partial charge in [0.1, 0.15) is 22.9 Å². The standard InChI is InChI=1S/C39H50N6O4/c1-23-20-33(45(25(23)3)37(47)49-39(7,8)9)35-41-22-31(43-35)29-17-13-27(14-18-29)26-11-15-28(16-12-26)30-21-40-34(42-30)32-19-10-24(2)44(32)36(46)48-38(4,5)6/h11-18,21-25,32-33H,10,19-20H2,1-9H3,(H,40,42)(H,41,43)/t23?,24?,25-,32?,33?/m0/s1. The van der Waals surface area contributed by atoms with Crippen molar-refractivity contribution < 1.29 is 19.1 Å². The zero-order chi connectivity index (χ0) is 35.2. The highest BCUT2D eigenvalue weighted by Gasteiger charge is 2.43. The summed E-state index contributed by atoms with van der Waals surface area (Å²) < 4.78 is 11.4. The summed E-state index contributed by atoms with van der Waals surface area (Å²) >= 11 is 0. The van der Waals surface area contributed by atoms with Crippen LogP contribution in [0.1, 0.15) is 105 Å². The number of ether oxygens (including phenoxy) is 2. The first kappa shape index (κ1) is 34.3. The van der Waals surface area contributed by atoms with Gasteiger partial charge in [-0.1, -0.05) is 55.5 Å². The van der Waals surface area contributed by atoms with Gasteiger partial charge < -0.3 is 19.4 Å². The van der Waals surface area contributed by atoms with Crippen molar-refractivity contribution in [3.05, 3.63) is 72.6 Å². The van der Waals surface area contributed by atoms with Crippen molar-refractivity contribution in [3.63, 3.8) is 0 Å². The topological polar surface area (TPSA) is 116 Å². The number of H-pyrrole nitrogens is 2. The molecule has 2 aromatic carbocycles. The maximum Gasteiger partial charge on any atom is 0.411 e. The number of hydrogen-bond donors (Lipinski definition) is 2. The zero-order valence-corrected chi connectivity index (χ0v) is 30.2. The molecule has 2 aliphatic heterocycles. The molecule has 5 atom stereocenters. The molecule has 0 spiro atoms. The van der Waals surface area contributed by atoms with Crippen LogP contribution >= 0.6 is 0 Å². The lowest BCUT2D eigenvalue weighted by Gasteiger charge is -2.31.